The minimum absolute atomic E-state index is 0.569. The van der Waals surface area contributed by atoms with E-state index in [0.29, 0.717) is 17.6 Å². The smallest absolute Gasteiger partial charge is 0.0628 e. The van der Waals surface area contributed by atoms with E-state index in [-0.39, 0.29) is 0 Å². The van der Waals surface area contributed by atoms with Crippen molar-refractivity contribution in [2.24, 2.45) is 23.2 Å². The summed E-state index contributed by atoms with van der Waals surface area (Å²) in [6.45, 7) is 0.966. The number of hydrogen-bond donors (Lipinski definition) is 1. The molecule has 5 aliphatic carbocycles. The van der Waals surface area contributed by atoms with E-state index in [4.69, 9.17) is 4.74 Å². The minimum atomic E-state index is 0.569. The fourth-order valence-electron chi connectivity index (χ4n) is 6.46. The van der Waals surface area contributed by atoms with Crippen LogP contribution in [-0.4, -0.2) is 25.8 Å². The predicted octanol–water partition coefficient (Wildman–Crippen LogP) is 3.75. The maximum absolute atomic E-state index is 6.28. The van der Waals surface area contributed by atoms with Crippen LogP contribution in [0.3, 0.4) is 0 Å². The Labute approximate surface area is 124 Å². The molecule has 0 saturated heterocycles. The highest BCUT2D eigenvalue weighted by Crippen LogP contribution is 2.61. The van der Waals surface area contributed by atoms with Crippen molar-refractivity contribution < 1.29 is 4.74 Å². The third-order valence-corrected chi connectivity index (χ3v) is 6.97. The number of rotatable bonds is 5. The first kappa shape index (κ1) is 13.6. The van der Waals surface area contributed by atoms with E-state index in [2.05, 4.69) is 12.4 Å². The second-order valence-electron chi connectivity index (χ2n) is 8.36. The quantitative estimate of drug-likeness (QED) is 0.826. The van der Waals surface area contributed by atoms with Crippen molar-refractivity contribution in [2.45, 2.75) is 76.4 Å². The lowest BCUT2D eigenvalue weighted by Gasteiger charge is -2.59. The molecule has 0 aromatic rings. The number of nitrogens with one attached hydrogen (secondary N) is 1. The van der Waals surface area contributed by atoms with Crippen LogP contribution in [0.1, 0.15) is 64.2 Å². The molecule has 5 fully saturated rings. The molecule has 1 N–H and O–H groups in total. The van der Waals surface area contributed by atoms with Crippen LogP contribution < -0.4 is 5.32 Å². The molecule has 2 heteroatoms. The molecule has 5 rings (SSSR count). The monoisotopic (exact) mass is 277 g/mol. The summed E-state index contributed by atoms with van der Waals surface area (Å²) in [5.41, 5.74) is 0.585. The Morgan fingerprint density at radius 2 is 1.55 bits per heavy atom. The highest BCUT2D eigenvalue weighted by atomic mass is 16.5. The van der Waals surface area contributed by atoms with Gasteiger partial charge in [-0.3, -0.25) is 0 Å². The first-order chi connectivity index (χ1) is 9.77. The van der Waals surface area contributed by atoms with Gasteiger partial charge < -0.3 is 10.1 Å². The van der Waals surface area contributed by atoms with Crippen LogP contribution in [0.4, 0.5) is 0 Å². The van der Waals surface area contributed by atoms with Crippen LogP contribution in [0.25, 0.3) is 0 Å². The number of ether oxygens (including phenoxy) is 1. The van der Waals surface area contributed by atoms with Gasteiger partial charge in [0.1, 0.15) is 0 Å². The summed E-state index contributed by atoms with van der Waals surface area (Å²) < 4.78 is 6.28. The van der Waals surface area contributed by atoms with Crippen LogP contribution in [0, 0.1) is 23.2 Å². The summed E-state index contributed by atoms with van der Waals surface area (Å²) in [4.78, 5) is 0. The SMILES string of the molecule is CNC(COC1CCCC1)C12CC3CC(CC(C3)C1)C2. The van der Waals surface area contributed by atoms with Crippen molar-refractivity contribution in [2.75, 3.05) is 13.7 Å². The Kier molecular flexibility index (Phi) is 3.58. The average Bonchev–Trinajstić information content (AvgIpc) is 2.90. The van der Waals surface area contributed by atoms with E-state index < -0.39 is 0 Å². The van der Waals surface area contributed by atoms with Gasteiger partial charge >= 0.3 is 0 Å². The van der Waals surface area contributed by atoms with Crippen LogP contribution in [0.5, 0.6) is 0 Å². The Hall–Kier alpha value is -0.0800. The van der Waals surface area contributed by atoms with Crippen LogP contribution in [0.2, 0.25) is 0 Å². The van der Waals surface area contributed by atoms with Gasteiger partial charge in [0.25, 0.3) is 0 Å². The summed E-state index contributed by atoms with van der Waals surface area (Å²) in [6, 6.07) is 0.608. The van der Waals surface area contributed by atoms with Crippen molar-refractivity contribution in [3.05, 3.63) is 0 Å². The first-order valence-corrected chi connectivity index (χ1v) is 9.06. The number of hydrogen-bond acceptors (Lipinski definition) is 2. The summed E-state index contributed by atoms with van der Waals surface area (Å²) in [7, 11) is 2.17. The van der Waals surface area contributed by atoms with Crippen LogP contribution in [-0.2, 0) is 4.74 Å². The third kappa shape index (κ3) is 2.33. The van der Waals surface area contributed by atoms with E-state index in [1.165, 1.54) is 64.2 Å². The fourth-order valence-corrected chi connectivity index (χ4v) is 6.46. The summed E-state index contributed by atoms with van der Waals surface area (Å²) in [5.74, 6) is 3.13. The van der Waals surface area contributed by atoms with Gasteiger partial charge in [0.15, 0.2) is 0 Å². The molecule has 0 aliphatic heterocycles. The molecule has 0 aromatic carbocycles. The average molecular weight is 277 g/mol. The Balaban J connectivity index is 1.43. The van der Waals surface area contributed by atoms with Gasteiger partial charge in [0.05, 0.1) is 12.7 Å². The van der Waals surface area contributed by atoms with Crippen molar-refractivity contribution in [3.8, 4) is 0 Å². The van der Waals surface area contributed by atoms with E-state index >= 15 is 0 Å². The Morgan fingerprint density at radius 1 is 1.00 bits per heavy atom. The molecule has 5 saturated carbocycles. The molecule has 0 amide bonds. The molecule has 1 unspecified atom stereocenters. The summed E-state index contributed by atoms with van der Waals surface area (Å²) >= 11 is 0. The second kappa shape index (κ2) is 5.28. The molecule has 0 spiro atoms. The molecular formula is C18H31NO. The molecule has 0 heterocycles. The summed E-state index contributed by atoms with van der Waals surface area (Å²) in [6.07, 6.45) is 15.0. The molecule has 4 bridgehead atoms. The zero-order valence-corrected chi connectivity index (χ0v) is 13.1. The van der Waals surface area contributed by atoms with Gasteiger partial charge in [-0.2, -0.15) is 0 Å². The molecule has 0 aromatic heterocycles. The molecule has 5 aliphatic rings. The van der Waals surface area contributed by atoms with Gasteiger partial charge in [-0.05, 0) is 81.6 Å². The van der Waals surface area contributed by atoms with Gasteiger partial charge in [0, 0.05) is 6.04 Å². The fraction of sp³-hybridized carbons (Fsp3) is 1.00. The Bertz CT molecular complexity index is 312. The lowest BCUT2D eigenvalue weighted by atomic mass is 9.48. The number of likely N-dealkylation sites (N-methyl/N-ethyl adjacent to an activating group) is 1. The van der Waals surface area contributed by atoms with Crippen molar-refractivity contribution in [1.29, 1.82) is 0 Å². The molecule has 20 heavy (non-hydrogen) atoms. The lowest BCUT2D eigenvalue weighted by molar-refractivity contribution is -0.0936. The minimum Gasteiger partial charge on any atom is -0.377 e. The van der Waals surface area contributed by atoms with Gasteiger partial charge in [-0.15, -0.1) is 0 Å². The largest absolute Gasteiger partial charge is 0.377 e. The van der Waals surface area contributed by atoms with Crippen molar-refractivity contribution in [3.63, 3.8) is 0 Å². The highest BCUT2D eigenvalue weighted by Gasteiger charge is 2.53. The maximum atomic E-state index is 6.28. The van der Waals surface area contributed by atoms with Gasteiger partial charge in [-0.1, -0.05) is 12.8 Å². The standard InChI is InChI=1S/C18H31NO/c1-19-17(12-20-16-4-2-3-5-16)18-9-13-6-14(10-18)8-15(7-13)11-18/h13-17,19H,2-12H2,1H3. The third-order valence-electron chi connectivity index (χ3n) is 6.97. The molecular weight excluding hydrogens is 246 g/mol. The zero-order valence-electron chi connectivity index (χ0n) is 13.1. The van der Waals surface area contributed by atoms with Gasteiger partial charge in [0.2, 0.25) is 0 Å². The maximum Gasteiger partial charge on any atom is 0.0628 e. The molecule has 1 atom stereocenters. The lowest BCUT2D eigenvalue weighted by Crippen LogP contribution is -2.57. The highest BCUT2D eigenvalue weighted by molar-refractivity contribution is 5.06. The topological polar surface area (TPSA) is 21.3 Å². The first-order valence-electron chi connectivity index (χ1n) is 9.06. The zero-order chi connectivity index (χ0) is 13.6. The predicted molar refractivity (Wildman–Crippen MR) is 81.7 cm³/mol. The normalized spacial score (nSPS) is 45.1. The van der Waals surface area contributed by atoms with E-state index in [0.717, 1.165) is 24.4 Å². The van der Waals surface area contributed by atoms with Crippen molar-refractivity contribution >= 4 is 0 Å². The molecule has 114 valence electrons. The second-order valence-corrected chi connectivity index (χ2v) is 8.36. The van der Waals surface area contributed by atoms with Crippen LogP contribution in [0.15, 0.2) is 0 Å². The van der Waals surface area contributed by atoms with E-state index in [9.17, 15) is 0 Å². The molecule has 2 nitrogen and oxygen atoms in total. The molecule has 0 radical (unpaired) electrons. The Morgan fingerprint density at radius 3 is 2.05 bits per heavy atom. The van der Waals surface area contributed by atoms with E-state index in [1.54, 1.807) is 0 Å². The van der Waals surface area contributed by atoms with Gasteiger partial charge in [-0.25, -0.2) is 0 Å². The van der Waals surface area contributed by atoms with Crippen LogP contribution >= 0.6 is 0 Å². The summed E-state index contributed by atoms with van der Waals surface area (Å²) in [5, 5.41) is 3.66. The van der Waals surface area contributed by atoms with E-state index in [1.807, 2.05) is 0 Å². The van der Waals surface area contributed by atoms with Crippen molar-refractivity contribution in [1.82, 2.24) is 5.32 Å².